The van der Waals surface area contributed by atoms with Crippen molar-refractivity contribution in [2.75, 3.05) is 5.32 Å². The minimum atomic E-state index is -1.14. The normalized spacial score (nSPS) is 23.6. The highest BCUT2D eigenvalue weighted by Crippen LogP contribution is 2.31. The molecule has 98 valence electrons. The van der Waals surface area contributed by atoms with Crippen LogP contribution < -0.4 is 10.4 Å². The van der Waals surface area contributed by atoms with Gasteiger partial charge in [-0.25, -0.2) is 0 Å². The van der Waals surface area contributed by atoms with E-state index in [9.17, 15) is 14.7 Å². The predicted molar refractivity (Wildman–Crippen MR) is 63.7 cm³/mol. The summed E-state index contributed by atoms with van der Waals surface area (Å²) in [5, 5.41) is 22.4. The highest BCUT2D eigenvalue weighted by atomic mass is 32.1. The molecule has 1 heterocycles. The number of aliphatic carboxylic acids is 1. The van der Waals surface area contributed by atoms with Gasteiger partial charge in [0.2, 0.25) is 11.0 Å². The van der Waals surface area contributed by atoms with Gasteiger partial charge in [0.05, 0.1) is 0 Å². The summed E-state index contributed by atoms with van der Waals surface area (Å²) in [5.41, 5.74) is 0. The summed E-state index contributed by atoms with van der Waals surface area (Å²) in [6, 6.07) is 0. The summed E-state index contributed by atoms with van der Waals surface area (Å²) >= 11 is 1.27. The number of aryl methyl sites for hydroxylation is 1. The molecule has 1 fully saturated rings. The van der Waals surface area contributed by atoms with Gasteiger partial charge in [0, 0.05) is 17.8 Å². The van der Waals surface area contributed by atoms with Gasteiger partial charge in [-0.15, -0.1) is 10.2 Å². The van der Waals surface area contributed by atoms with E-state index >= 15 is 0 Å². The number of hydrogen-bond donors (Lipinski definition) is 1. The van der Waals surface area contributed by atoms with Gasteiger partial charge in [-0.1, -0.05) is 24.2 Å². The molecule has 1 aromatic rings. The molecule has 0 saturated heterocycles. The summed E-state index contributed by atoms with van der Waals surface area (Å²) in [7, 11) is 0. The summed E-state index contributed by atoms with van der Waals surface area (Å²) in [4.78, 5) is 23.0. The third kappa shape index (κ3) is 2.84. The standard InChI is InChI=1S/C11H15N3O3S/c1-6-13-14-11(18-6)12-9(15)7-4-2-3-5-8(7)10(16)17/h7-8H,2-5H2,1H3,(H,16,17)(H,12,14,15)/p-1/t7-,8+/m0/s1. The van der Waals surface area contributed by atoms with Crippen LogP contribution in [0, 0.1) is 18.8 Å². The smallest absolute Gasteiger partial charge is 0.229 e. The molecule has 0 bridgehead atoms. The predicted octanol–water partition coefficient (Wildman–Crippen LogP) is 0.341. The molecular weight excluding hydrogens is 254 g/mol. The Morgan fingerprint density at radius 3 is 2.50 bits per heavy atom. The van der Waals surface area contributed by atoms with Crippen LogP contribution in [0.3, 0.4) is 0 Å². The minimum absolute atomic E-state index is 0.292. The molecule has 1 N–H and O–H groups in total. The lowest BCUT2D eigenvalue weighted by Gasteiger charge is -2.30. The molecular formula is C11H14N3O3S-. The van der Waals surface area contributed by atoms with Crippen molar-refractivity contribution >= 4 is 28.3 Å². The Balaban J connectivity index is 2.04. The van der Waals surface area contributed by atoms with E-state index < -0.39 is 17.8 Å². The first-order valence-electron chi connectivity index (χ1n) is 5.90. The van der Waals surface area contributed by atoms with E-state index in [1.165, 1.54) is 11.3 Å². The molecule has 0 spiro atoms. The third-order valence-corrected chi connectivity index (χ3v) is 3.92. The Labute approximate surface area is 108 Å². The van der Waals surface area contributed by atoms with Crippen molar-refractivity contribution in [1.82, 2.24) is 10.2 Å². The molecule has 1 aliphatic rings. The van der Waals surface area contributed by atoms with E-state index in [-0.39, 0.29) is 5.91 Å². The summed E-state index contributed by atoms with van der Waals surface area (Å²) in [5.74, 6) is -2.64. The zero-order valence-electron chi connectivity index (χ0n) is 10.0. The monoisotopic (exact) mass is 268 g/mol. The quantitative estimate of drug-likeness (QED) is 0.853. The van der Waals surface area contributed by atoms with E-state index in [1.807, 2.05) is 0 Å². The van der Waals surface area contributed by atoms with E-state index in [4.69, 9.17) is 0 Å². The lowest BCUT2D eigenvalue weighted by molar-refractivity contribution is -0.313. The number of aromatic nitrogens is 2. The molecule has 2 rings (SSSR count). The Kier molecular flexibility index (Phi) is 3.90. The number of amides is 1. The zero-order valence-corrected chi connectivity index (χ0v) is 10.8. The second kappa shape index (κ2) is 5.43. The lowest BCUT2D eigenvalue weighted by Crippen LogP contribution is -2.42. The number of carboxylic acids is 1. The molecule has 0 aliphatic heterocycles. The van der Waals surface area contributed by atoms with Gasteiger partial charge in [0.1, 0.15) is 5.01 Å². The molecule has 7 heteroatoms. The van der Waals surface area contributed by atoms with Crippen molar-refractivity contribution in [1.29, 1.82) is 0 Å². The first-order chi connectivity index (χ1) is 8.58. The molecule has 0 aromatic carbocycles. The Morgan fingerprint density at radius 1 is 1.28 bits per heavy atom. The fourth-order valence-corrected chi connectivity index (χ4v) is 2.87. The van der Waals surface area contributed by atoms with Crippen LogP contribution in [0.4, 0.5) is 5.13 Å². The molecule has 1 saturated carbocycles. The number of nitrogens with one attached hydrogen (secondary N) is 1. The number of anilines is 1. The van der Waals surface area contributed by atoms with Crippen LogP contribution >= 0.6 is 11.3 Å². The van der Waals surface area contributed by atoms with Crippen molar-refractivity contribution < 1.29 is 14.7 Å². The van der Waals surface area contributed by atoms with Crippen LogP contribution in [0.1, 0.15) is 30.7 Å². The van der Waals surface area contributed by atoms with E-state index in [1.54, 1.807) is 6.92 Å². The van der Waals surface area contributed by atoms with E-state index in [2.05, 4.69) is 15.5 Å². The van der Waals surface area contributed by atoms with Crippen LogP contribution in [0.2, 0.25) is 0 Å². The summed E-state index contributed by atoms with van der Waals surface area (Å²) in [6.45, 7) is 1.79. The van der Waals surface area contributed by atoms with Crippen LogP contribution in [-0.2, 0) is 9.59 Å². The number of rotatable bonds is 3. The number of carboxylic acid groups (broad SMARTS) is 1. The van der Waals surface area contributed by atoms with E-state index in [0.29, 0.717) is 18.0 Å². The number of nitrogens with zero attached hydrogens (tertiary/aromatic N) is 2. The molecule has 0 unspecified atom stereocenters. The molecule has 6 nitrogen and oxygen atoms in total. The highest BCUT2D eigenvalue weighted by molar-refractivity contribution is 7.15. The van der Waals surface area contributed by atoms with Crippen LogP contribution in [0.25, 0.3) is 0 Å². The molecule has 18 heavy (non-hydrogen) atoms. The fraction of sp³-hybridized carbons (Fsp3) is 0.636. The SMILES string of the molecule is Cc1nnc(NC(=O)[C@H]2CCCC[C@H]2C(=O)[O-])s1. The summed E-state index contributed by atoms with van der Waals surface area (Å²) in [6.07, 6.45) is 2.80. The summed E-state index contributed by atoms with van der Waals surface area (Å²) < 4.78 is 0. The molecule has 0 radical (unpaired) electrons. The van der Waals surface area contributed by atoms with Gasteiger partial charge in [0.15, 0.2) is 0 Å². The average Bonchev–Trinajstić information content (AvgIpc) is 2.74. The Morgan fingerprint density at radius 2 is 1.94 bits per heavy atom. The lowest BCUT2D eigenvalue weighted by atomic mass is 9.79. The Bertz CT molecular complexity index is 460. The maximum atomic E-state index is 12.0. The molecule has 1 aliphatic carbocycles. The van der Waals surface area contributed by atoms with Gasteiger partial charge >= 0.3 is 0 Å². The third-order valence-electron chi connectivity index (χ3n) is 3.16. The van der Waals surface area contributed by atoms with Gasteiger partial charge in [-0.2, -0.15) is 0 Å². The second-order valence-electron chi connectivity index (χ2n) is 4.43. The number of carbonyl (C=O) groups is 2. The largest absolute Gasteiger partial charge is 0.550 e. The number of carbonyl (C=O) groups excluding carboxylic acids is 2. The topological polar surface area (TPSA) is 95.0 Å². The van der Waals surface area contributed by atoms with Crippen molar-refractivity contribution in [3.05, 3.63) is 5.01 Å². The van der Waals surface area contributed by atoms with Crippen molar-refractivity contribution in [3.8, 4) is 0 Å². The number of hydrogen-bond acceptors (Lipinski definition) is 6. The van der Waals surface area contributed by atoms with Crippen molar-refractivity contribution in [3.63, 3.8) is 0 Å². The van der Waals surface area contributed by atoms with Crippen LogP contribution in [0.5, 0.6) is 0 Å². The van der Waals surface area contributed by atoms with Gasteiger partial charge in [-0.3, -0.25) is 4.79 Å². The van der Waals surface area contributed by atoms with Gasteiger partial charge in [0.25, 0.3) is 0 Å². The second-order valence-corrected chi connectivity index (χ2v) is 5.61. The van der Waals surface area contributed by atoms with Gasteiger partial charge < -0.3 is 15.2 Å². The van der Waals surface area contributed by atoms with Gasteiger partial charge in [-0.05, 0) is 19.8 Å². The molecule has 1 aromatic heterocycles. The first-order valence-corrected chi connectivity index (χ1v) is 6.71. The first kappa shape index (κ1) is 12.9. The van der Waals surface area contributed by atoms with Crippen molar-refractivity contribution in [2.24, 2.45) is 11.8 Å². The Hall–Kier alpha value is -1.50. The van der Waals surface area contributed by atoms with Crippen molar-refractivity contribution in [2.45, 2.75) is 32.6 Å². The molecule has 1 amide bonds. The zero-order chi connectivity index (χ0) is 13.1. The van der Waals surface area contributed by atoms with Crippen LogP contribution in [-0.4, -0.2) is 22.1 Å². The van der Waals surface area contributed by atoms with E-state index in [0.717, 1.165) is 17.8 Å². The highest BCUT2D eigenvalue weighted by Gasteiger charge is 2.32. The molecule has 2 atom stereocenters. The van der Waals surface area contributed by atoms with Crippen LogP contribution in [0.15, 0.2) is 0 Å². The maximum absolute atomic E-state index is 12.0. The minimum Gasteiger partial charge on any atom is -0.550 e. The average molecular weight is 268 g/mol. The maximum Gasteiger partial charge on any atom is 0.229 e. The fourth-order valence-electron chi connectivity index (χ4n) is 2.27.